The first-order valence-corrected chi connectivity index (χ1v) is 6.56. The van der Waals surface area contributed by atoms with Crippen LogP contribution in [0.2, 0.25) is 0 Å². The molecule has 1 aliphatic rings. The van der Waals surface area contributed by atoms with Gasteiger partial charge in [-0.05, 0) is 37.5 Å². The van der Waals surface area contributed by atoms with Crippen molar-refractivity contribution in [2.45, 2.75) is 25.3 Å². The van der Waals surface area contributed by atoms with Crippen molar-refractivity contribution in [3.05, 3.63) is 35.9 Å². The Bertz CT molecular complexity index is 515. The standard InChI is InChI=1S/C13H14N2S/c1-2-4-10(5-3-1)15-11-6-7-12-13(8-11)16-9-14-12/h2,4,6-10,15H,1,3,5H2. The van der Waals surface area contributed by atoms with Crippen LogP contribution in [0.5, 0.6) is 0 Å². The van der Waals surface area contributed by atoms with Crippen molar-refractivity contribution in [2.24, 2.45) is 0 Å². The molecule has 0 amide bonds. The maximum absolute atomic E-state index is 4.28. The fraction of sp³-hybridized carbons (Fsp3) is 0.308. The molecule has 82 valence electrons. The summed E-state index contributed by atoms with van der Waals surface area (Å²) in [6.07, 6.45) is 8.30. The van der Waals surface area contributed by atoms with Crippen molar-refractivity contribution in [1.82, 2.24) is 4.98 Å². The van der Waals surface area contributed by atoms with Gasteiger partial charge in [-0.15, -0.1) is 11.3 Å². The van der Waals surface area contributed by atoms with E-state index in [1.165, 1.54) is 29.6 Å². The Kier molecular flexibility index (Phi) is 2.62. The van der Waals surface area contributed by atoms with Crippen molar-refractivity contribution in [3.63, 3.8) is 0 Å². The molecule has 1 N–H and O–H groups in total. The Balaban J connectivity index is 1.82. The minimum absolute atomic E-state index is 0.499. The van der Waals surface area contributed by atoms with Crippen LogP contribution in [0.4, 0.5) is 5.69 Å². The molecule has 1 aromatic heterocycles. The van der Waals surface area contributed by atoms with Crippen molar-refractivity contribution in [2.75, 3.05) is 5.32 Å². The van der Waals surface area contributed by atoms with E-state index in [9.17, 15) is 0 Å². The lowest BCUT2D eigenvalue weighted by atomic mass is 10.0. The number of fused-ring (bicyclic) bond motifs is 1. The highest BCUT2D eigenvalue weighted by Crippen LogP contribution is 2.23. The summed E-state index contributed by atoms with van der Waals surface area (Å²) < 4.78 is 1.25. The molecule has 2 aromatic rings. The van der Waals surface area contributed by atoms with Crippen LogP contribution in [-0.2, 0) is 0 Å². The van der Waals surface area contributed by atoms with Crippen LogP contribution in [0.3, 0.4) is 0 Å². The summed E-state index contributed by atoms with van der Waals surface area (Å²) in [5.41, 5.74) is 4.19. The van der Waals surface area contributed by atoms with E-state index >= 15 is 0 Å². The molecule has 3 rings (SSSR count). The van der Waals surface area contributed by atoms with Crippen LogP contribution < -0.4 is 5.32 Å². The number of rotatable bonds is 2. The van der Waals surface area contributed by atoms with Gasteiger partial charge in [-0.25, -0.2) is 4.98 Å². The number of hydrogen-bond donors (Lipinski definition) is 1. The first-order chi connectivity index (χ1) is 7.92. The van der Waals surface area contributed by atoms with Crippen molar-refractivity contribution in [3.8, 4) is 0 Å². The van der Waals surface area contributed by atoms with Gasteiger partial charge in [0.15, 0.2) is 0 Å². The quantitative estimate of drug-likeness (QED) is 0.793. The number of allylic oxidation sites excluding steroid dienone is 1. The van der Waals surface area contributed by atoms with Gasteiger partial charge in [-0.2, -0.15) is 0 Å². The van der Waals surface area contributed by atoms with Crippen LogP contribution in [0.1, 0.15) is 19.3 Å². The predicted molar refractivity (Wildman–Crippen MR) is 70.0 cm³/mol. The van der Waals surface area contributed by atoms with Gasteiger partial charge >= 0.3 is 0 Å². The third-order valence-corrected chi connectivity index (χ3v) is 3.73. The monoisotopic (exact) mass is 230 g/mol. The fourth-order valence-electron chi connectivity index (χ4n) is 2.09. The van der Waals surface area contributed by atoms with Gasteiger partial charge in [-0.3, -0.25) is 0 Å². The van der Waals surface area contributed by atoms with Crippen LogP contribution >= 0.6 is 11.3 Å². The average Bonchev–Trinajstić information content (AvgIpc) is 2.77. The van der Waals surface area contributed by atoms with Gasteiger partial charge in [0, 0.05) is 11.7 Å². The topological polar surface area (TPSA) is 24.9 Å². The molecule has 1 heterocycles. The number of hydrogen-bond acceptors (Lipinski definition) is 3. The normalized spacial score (nSPS) is 20.1. The van der Waals surface area contributed by atoms with E-state index in [-0.39, 0.29) is 0 Å². The van der Waals surface area contributed by atoms with E-state index in [0.717, 1.165) is 5.52 Å². The summed E-state index contributed by atoms with van der Waals surface area (Å²) in [6, 6.07) is 6.89. The van der Waals surface area contributed by atoms with Gasteiger partial charge in [-0.1, -0.05) is 12.2 Å². The molecule has 1 unspecified atom stereocenters. The number of nitrogens with zero attached hydrogens (tertiary/aromatic N) is 1. The van der Waals surface area contributed by atoms with Crippen molar-refractivity contribution in [1.29, 1.82) is 0 Å². The fourth-order valence-corrected chi connectivity index (χ4v) is 2.81. The molecule has 0 radical (unpaired) electrons. The third kappa shape index (κ3) is 1.95. The zero-order valence-electron chi connectivity index (χ0n) is 9.02. The summed E-state index contributed by atoms with van der Waals surface area (Å²) >= 11 is 1.69. The number of benzene rings is 1. The molecular formula is C13H14N2S. The molecule has 16 heavy (non-hydrogen) atoms. The van der Waals surface area contributed by atoms with Crippen LogP contribution in [0.25, 0.3) is 10.2 Å². The van der Waals surface area contributed by atoms with Gasteiger partial charge in [0.25, 0.3) is 0 Å². The average molecular weight is 230 g/mol. The SMILES string of the molecule is C1=CC(Nc2ccc3ncsc3c2)CCC1. The molecule has 1 aromatic carbocycles. The summed E-state index contributed by atoms with van der Waals surface area (Å²) in [5, 5.41) is 3.55. The Hall–Kier alpha value is -1.35. The lowest BCUT2D eigenvalue weighted by Crippen LogP contribution is -2.18. The smallest absolute Gasteiger partial charge is 0.0813 e. The van der Waals surface area contributed by atoms with Gasteiger partial charge in [0.2, 0.25) is 0 Å². The second-order valence-corrected chi connectivity index (χ2v) is 5.03. The highest BCUT2D eigenvalue weighted by atomic mass is 32.1. The second kappa shape index (κ2) is 4.26. The molecule has 1 atom stereocenters. The summed E-state index contributed by atoms with van der Waals surface area (Å²) in [6.45, 7) is 0. The Morgan fingerprint density at radius 1 is 1.38 bits per heavy atom. The van der Waals surface area contributed by atoms with E-state index < -0.39 is 0 Å². The van der Waals surface area contributed by atoms with Crippen LogP contribution in [0, 0.1) is 0 Å². The molecule has 0 aliphatic heterocycles. The minimum Gasteiger partial charge on any atom is -0.379 e. The number of nitrogens with one attached hydrogen (secondary N) is 1. The zero-order valence-corrected chi connectivity index (χ0v) is 9.83. The summed E-state index contributed by atoms with van der Waals surface area (Å²) in [4.78, 5) is 4.28. The lowest BCUT2D eigenvalue weighted by molar-refractivity contribution is 0.674. The Labute approximate surface area is 99.0 Å². The van der Waals surface area contributed by atoms with Crippen molar-refractivity contribution < 1.29 is 0 Å². The molecule has 0 spiro atoms. The van der Waals surface area contributed by atoms with Crippen molar-refractivity contribution >= 4 is 27.2 Å². The maximum atomic E-state index is 4.28. The highest BCUT2D eigenvalue weighted by Gasteiger charge is 2.08. The number of thiazole rings is 1. The molecule has 2 nitrogen and oxygen atoms in total. The summed E-state index contributed by atoms with van der Waals surface area (Å²) in [5.74, 6) is 0. The molecule has 0 saturated heterocycles. The third-order valence-electron chi connectivity index (χ3n) is 2.94. The second-order valence-electron chi connectivity index (χ2n) is 4.14. The Morgan fingerprint density at radius 3 is 3.25 bits per heavy atom. The molecule has 0 bridgehead atoms. The first kappa shape index (κ1) is 9.85. The van der Waals surface area contributed by atoms with E-state index in [1.807, 2.05) is 5.51 Å². The van der Waals surface area contributed by atoms with E-state index in [2.05, 4.69) is 40.7 Å². The first-order valence-electron chi connectivity index (χ1n) is 5.68. The highest BCUT2D eigenvalue weighted by molar-refractivity contribution is 7.16. The summed E-state index contributed by atoms with van der Waals surface area (Å²) in [7, 11) is 0. The van der Waals surface area contributed by atoms with Crippen LogP contribution in [-0.4, -0.2) is 11.0 Å². The molecule has 1 aliphatic carbocycles. The maximum Gasteiger partial charge on any atom is 0.0813 e. The number of anilines is 1. The van der Waals surface area contributed by atoms with Gasteiger partial charge in [0.1, 0.15) is 0 Å². The lowest BCUT2D eigenvalue weighted by Gasteiger charge is -2.19. The molecule has 3 heteroatoms. The van der Waals surface area contributed by atoms with Gasteiger partial charge < -0.3 is 5.32 Å². The van der Waals surface area contributed by atoms with E-state index in [1.54, 1.807) is 11.3 Å². The predicted octanol–water partition coefficient (Wildman–Crippen LogP) is 3.82. The largest absolute Gasteiger partial charge is 0.379 e. The van der Waals surface area contributed by atoms with Gasteiger partial charge in [0.05, 0.1) is 15.7 Å². The Morgan fingerprint density at radius 2 is 2.38 bits per heavy atom. The number of aromatic nitrogens is 1. The molecule has 0 saturated carbocycles. The van der Waals surface area contributed by atoms with E-state index in [0.29, 0.717) is 6.04 Å². The van der Waals surface area contributed by atoms with Crippen LogP contribution in [0.15, 0.2) is 35.9 Å². The zero-order chi connectivity index (χ0) is 10.8. The van der Waals surface area contributed by atoms with E-state index in [4.69, 9.17) is 0 Å². The molecular weight excluding hydrogens is 216 g/mol. The molecule has 0 fully saturated rings. The minimum atomic E-state index is 0.499.